The number of halogens is 6. The molecule has 5 rings (SSSR count). The number of rotatable bonds is 20. The summed E-state index contributed by atoms with van der Waals surface area (Å²) in [5.41, 5.74) is 10.5. The number of primary amides is 2. The van der Waals surface area contributed by atoms with Crippen LogP contribution in [-0.4, -0.2) is 112 Å². The molecule has 2 aromatic rings. The summed E-state index contributed by atoms with van der Waals surface area (Å²) in [5, 5.41) is 36.1. The normalized spacial score (nSPS) is 15.8. The molecule has 68 heavy (non-hydrogen) atoms. The second kappa shape index (κ2) is 23.0. The monoisotopic (exact) mass is 973 g/mol. The molecular weight excluding hydrogens is 932 g/mol. The molecule has 0 aromatic heterocycles. The summed E-state index contributed by atoms with van der Waals surface area (Å²) in [4.78, 5) is 116. The molecule has 0 saturated carbocycles. The fraction of sp³-hybridized carbons (Fsp3) is 0.421. The molecular formula is C38H41F6N11O13. The standard InChI is InChI=1S/C17H18F3N5O5.C14H10F3N3O4.C7H13N3O4/c18-17(19,20)16(24-25-16)10-3-1-9(2-4-10)7-13(27)23-11(5-6-12(21)26)15(30)22-8-14(28)29;15-14(16,17)13(18-19-13)9-3-1-8(2-4-9)7-12(23)24-20-10(21)5-6-11(20)22;8-4(1-2-5(9)11)7(14)10-3-6(12)13/h1-4,11H,5-8H2,(H2,21,26)(H,22,30)(H,23,27)(H,28,29);1-4H,5-7H2;4H,1-3,8H2,(H2,9,11)(H,10,14)(H,12,13). The number of alkyl halides is 6. The van der Waals surface area contributed by atoms with Gasteiger partial charge in [-0.1, -0.05) is 48.5 Å². The Hall–Kier alpha value is -7.92. The van der Waals surface area contributed by atoms with Crippen molar-refractivity contribution in [1.29, 1.82) is 0 Å². The lowest BCUT2D eigenvalue weighted by Crippen LogP contribution is -2.48. The molecule has 0 radical (unpaired) electrons. The summed E-state index contributed by atoms with van der Waals surface area (Å²) in [7, 11) is 0. The highest BCUT2D eigenvalue weighted by atomic mass is 19.4. The Bertz CT molecular complexity index is 2300. The first-order chi connectivity index (χ1) is 31.6. The smallest absolute Gasteiger partial charge is 0.442 e. The molecule has 3 aliphatic heterocycles. The van der Waals surface area contributed by atoms with Gasteiger partial charge in [-0.3, -0.25) is 43.2 Å². The maximum Gasteiger partial charge on any atom is 0.442 e. The number of benzene rings is 2. The Morgan fingerprint density at radius 1 is 0.662 bits per heavy atom. The van der Waals surface area contributed by atoms with Crippen molar-refractivity contribution in [2.75, 3.05) is 13.1 Å². The van der Waals surface area contributed by atoms with Crippen LogP contribution in [0.3, 0.4) is 0 Å². The second-order valence-electron chi connectivity index (χ2n) is 14.5. The quantitative estimate of drug-likeness (QED) is 0.0648. The number of nitrogens with zero attached hydrogens (tertiary/aromatic N) is 5. The van der Waals surface area contributed by atoms with E-state index in [0.29, 0.717) is 16.2 Å². The van der Waals surface area contributed by atoms with Crippen molar-refractivity contribution >= 4 is 59.3 Å². The third-order valence-corrected chi connectivity index (χ3v) is 9.21. The van der Waals surface area contributed by atoms with E-state index in [2.05, 4.69) is 41.2 Å². The van der Waals surface area contributed by atoms with Crippen molar-refractivity contribution < 1.29 is 89.3 Å². The number of amides is 7. The lowest BCUT2D eigenvalue weighted by molar-refractivity contribution is -0.197. The number of hydroxylamine groups is 2. The van der Waals surface area contributed by atoms with Crippen LogP contribution in [0.25, 0.3) is 0 Å². The lowest BCUT2D eigenvalue weighted by atomic mass is 10.00. The van der Waals surface area contributed by atoms with Gasteiger partial charge in [-0.05, 0) is 24.0 Å². The zero-order chi connectivity index (χ0) is 51.2. The van der Waals surface area contributed by atoms with Gasteiger partial charge in [0.05, 0.1) is 18.9 Å². The first-order valence-corrected chi connectivity index (χ1v) is 19.5. The summed E-state index contributed by atoms with van der Waals surface area (Å²) in [6, 6.07) is 7.75. The largest absolute Gasteiger partial charge is 0.480 e. The average molecular weight is 974 g/mol. The van der Waals surface area contributed by atoms with E-state index in [4.69, 9.17) is 27.4 Å². The average Bonchev–Trinajstić information content (AvgIpc) is 4.19. The van der Waals surface area contributed by atoms with Gasteiger partial charge in [-0.15, -0.1) is 25.5 Å². The van der Waals surface area contributed by atoms with Gasteiger partial charge in [-0.25, -0.2) is 4.79 Å². The van der Waals surface area contributed by atoms with Gasteiger partial charge in [0.1, 0.15) is 19.1 Å². The van der Waals surface area contributed by atoms with Crippen LogP contribution in [0.4, 0.5) is 26.3 Å². The minimum atomic E-state index is -4.66. The number of carboxylic acids is 2. The fourth-order valence-electron chi connectivity index (χ4n) is 5.55. The van der Waals surface area contributed by atoms with Crippen LogP contribution in [0.5, 0.6) is 0 Å². The molecule has 0 bridgehead atoms. The van der Waals surface area contributed by atoms with Crippen molar-refractivity contribution in [2.45, 2.75) is 87.1 Å². The first-order valence-electron chi connectivity index (χ1n) is 19.5. The van der Waals surface area contributed by atoms with E-state index in [0.717, 1.165) is 12.1 Å². The van der Waals surface area contributed by atoms with E-state index < -0.39 is 108 Å². The van der Waals surface area contributed by atoms with E-state index in [1.54, 1.807) is 0 Å². The number of nitrogens with one attached hydrogen (secondary N) is 3. The highest BCUT2D eigenvalue weighted by Gasteiger charge is 2.66. The lowest BCUT2D eigenvalue weighted by Gasteiger charge is -2.18. The minimum absolute atomic E-state index is 0.00164. The van der Waals surface area contributed by atoms with Gasteiger partial charge >= 0.3 is 41.6 Å². The third-order valence-electron chi connectivity index (χ3n) is 9.21. The molecule has 2 unspecified atom stereocenters. The van der Waals surface area contributed by atoms with Gasteiger partial charge in [-0.2, -0.15) is 26.3 Å². The molecule has 7 amide bonds. The summed E-state index contributed by atoms with van der Waals surface area (Å²) < 4.78 is 77.6. The number of carbonyl (C=O) groups is 10. The molecule has 3 aliphatic rings. The number of nitrogens with two attached hydrogens (primary N) is 3. The molecule has 1 fully saturated rings. The predicted octanol–water partition coefficient (Wildman–Crippen LogP) is 0.158. The van der Waals surface area contributed by atoms with E-state index in [-0.39, 0.29) is 62.5 Å². The van der Waals surface area contributed by atoms with Crippen molar-refractivity contribution in [2.24, 2.45) is 37.7 Å². The Kier molecular flexibility index (Phi) is 18.4. The maximum atomic E-state index is 13.0. The van der Waals surface area contributed by atoms with Crippen LogP contribution in [0.1, 0.15) is 60.8 Å². The molecule has 24 nitrogen and oxygen atoms in total. The van der Waals surface area contributed by atoms with Crippen molar-refractivity contribution in [3.05, 3.63) is 70.8 Å². The zero-order valence-electron chi connectivity index (χ0n) is 35.0. The molecule has 1 saturated heterocycles. The van der Waals surface area contributed by atoms with Crippen molar-refractivity contribution in [3.8, 4) is 0 Å². The molecule has 30 heteroatoms. The highest BCUT2D eigenvalue weighted by Crippen LogP contribution is 2.53. The Morgan fingerprint density at radius 3 is 1.44 bits per heavy atom. The number of hydrogen-bond donors (Lipinski definition) is 8. The van der Waals surface area contributed by atoms with E-state index in [1.807, 2.05) is 0 Å². The van der Waals surface area contributed by atoms with Crippen LogP contribution >= 0.6 is 0 Å². The van der Waals surface area contributed by atoms with Crippen LogP contribution in [0.15, 0.2) is 69.0 Å². The summed E-state index contributed by atoms with van der Waals surface area (Å²) >= 11 is 0. The van der Waals surface area contributed by atoms with Crippen LogP contribution < -0.4 is 33.2 Å². The molecule has 2 atom stereocenters. The first kappa shape index (κ1) is 54.4. The second-order valence-corrected chi connectivity index (χ2v) is 14.5. The van der Waals surface area contributed by atoms with Crippen molar-refractivity contribution in [1.82, 2.24) is 21.0 Å². The number of hydrogen-bond acceptors (Lipinski definition) is 16. The number of carbonyl (C=O) groups excluding carboxylic acids is 8. The van der Waals surface area contributed by atoms with E-state index >= 15 is 0 Å². The Labute approximate surface area is 378 Å². The summed E-state index contributed by atoms with van der Waals surface area (Å²) in [5.74, 6) is -7.86. The number of carboxylic acid groups (broad SMARTS) is 2. The van der Waals surface area contributed by atoms with Gasteiger partial charge in [0.15, 0.2) is 0 Å². The maximum absolute atomic E-state index is 13.0. The molecule has 11 N–H and O–H groups in total. The highest BCUT2D eigenvalue weighted by molar-refractivity contribution is 6.01. The van der Waals surface area contributed by atoms with Crippen molar-refractivity contribution in [3.63, 3.8) is 0 Å². The molecule has 3 heterocycles. The van der Waals surface area contributed by atoms with Crippen LogP contribution in [0, 0.1) is 0 Å². The third kappa shape index (κ3) is 15.9. The molecule has 0 spiro atoms. The van der Waals surface area contributed by atoms with Crippen LogP contribution in [0.2, 0.25) is 0 Å². The predicted molar refractivity (Wildman–Crippen MR) is 211 cm³/mol. The Balaban J connectivity index is 0.000000288. The topological polar surface area (TPSA) is 387 Å². The molecule has 2 aromatic carbocycles. The van der Waals surface area contributed by atoms with Gasteiger partial charge in [0.2, 0.25) is 29.5 Å². The van der Waals surface area contributed by atoms with Crippen LogP contribution in [-0.2, 0) is 77.0 Å². The number of aliphatic carboxylic acids is 2. The summed E-state index contributed by atoms with van der Waals surface area (Å²) in [6.07, 6.45) is -10.2. The number of imide groups is 1. The van der Waals surface area contributed by atoms with Gasteiger partial charge < -0.3 is 48.2 Å². The van der Waals surface area contributed by atoms with E-state index in [9.17, 15) is 74.3 Å². The zero-order valence-corrected chi connectivity index (χ0v) is 35.0. The van der Waals surface area contributed by atoms with Gasteiger partial charge in [0, 0.05) is 36.8 Å². The summed E-state index contributed by atoms with van der Waals surface area (Å²) in [6.45, 7) is -1.16. The molecule has 368 valence electrons. The Morgan fingerprint density at radius 2 is 1.06 bits per heavy atom. The fourth-order valence-corrected chi connectivity index (χ4v) is 5.55. The van der Waals surface area contributed by atoms with Gasteiger partial charge in [0.25, 0.3) is 11.8 Å². The minimum Gasteiger partial charge on any atom is -0.480 e. The SMILES string of the molecule is NC(=O)CCC(N)C(=O)NCC(=O)O.NC(=O)CCC(NC(=O)Cc1ccc(C2(C(F)(F)F)N=N2)cc1)C(=O)NCC(=O)O.O=C(Cc1ccc(C2(C(F)(F)F)N=N2)cc1)ON1C(=O)CCC1=O. The van der Waals surface area contributed by atoms with E-state index in [1.165, 1.54) is 36.4 Å². The molecule has 0 aliphatic carbocycles.